The maximum absolute atomic E-state index is 12.8. The summed E-state index contributed by atoms with van der Waals surface area (Å²) in [5.41, 5.74) is 1.66. The Labute approximate surface area is 122 Å². The predicted octanol–water partition coefficient (Wildman–Crippen LogP) is 2.38. The minimum atomic E-state index is -0.681. The molecule has 0 aromatic heterocycles. The molecule has 0 saturated heterocycles. The number of nitrogens with one attached hydrogen (secondary N) is 1. The second kappa shape index (κ2) is 6.11. The second-order valence-electron chi connectivity index (χ2n) is 4.85. The molecule has 0 spiro atoms. The normalized spacial score (nSPS) is 14.2. The van der Waals surface area contributed by atoms with E-state index in [2.05, 4.69) is 5.32 Å². The molecular weight excluding hydrogens is 273 g/mol. The average molecular weight is 289 g/mol. The number of ether oxygens (including phenoxy) is 2. The number of fused-ring (bicyclic) bond motifs is 1. The van der Waals surface area contributed by atoms with E-state index in [0.29, 0.717) is 18.7 Å². The van der Waals surface area contributed by atoms with Crippen molar-refractivity contribution < 1.29 is 19.0 Å². The monoisotopic (exact) mass is 289 g/mol. The van der Waals surface area contributed by atoms with Crippen LogP contribution < -0.4 is 14.8 Å². The molecule has 21 heavy (non-hydrogen) atoms. The first-order valence-electron chi connectivity index (χ1n) is 6.76. The van der Waals surface area contributed by atoms with E-state index in [9.17, 15) is 9.50 Å². The van der Waals surface area contributed by atoms with Crippen molar-refractivity contribution in [1.82, 2.24) is 5.32 Å². The Hall–Kier alpha value is -2.11. The Morgan fingerprint density at radius 3 is 2.76 bits per heavy atom. The summed E-state index contributed by atoms with van der Waals surface area (Å²) in [6.45, 7) is 1.17. The molecule has 1 heterocycles. The fourth-order valence-corrected chi connectivity index (χ4v) is 2.28. The minimum absolute atomic E-state index is 0.241. The predicted molar refractivity (Wildman–Crippen MR) is 75.6 cm³/mol. The lowest BCUT2D eigenvalue weighted by atomic mass is 10.1. The quantitative estimate of drug-likeness (QED) is 0.887. The van der Waals surface area contributed by atoms with Crippen LogP contribution >= 0.6 is 0 Å². The van der Waals surface area contributed by atoms with E-state index in [1.54, 1.807) is 12.1 Å². The number of halogens is 1. The molecule has 5 heteroatoms. The summed E-state index contributed by atoms with van der Waals surface area (Å²) in [7, 11) is 0. The van der Waals surface area contributed by atoms with Crippen molar-refractivity contribution in [2.75, 3.05) is 13.3 Å². The van der Waals surface area contributed by atoms with Crippen LogP contribution in [0.2, 0.25) is 0 Å². The van der Waals surface area contributed by atoms with Crippen molar-refractivity contribution >= 4 is 0 Å². The van der Waals surface area contributed by atoms with Gasteiger partial charge >= 0.3 is 0 Å². The van der Waals surface area contributed by atoms with Gasteiger partial charge in [0.2, 0.25) is 6.79 Å². The summed E-state index contributed by atoms with van der Waals surface area (Å²) in [6.07, 6.45) is -0.681. The van der Waals surface area contributed by atoms with Crippen LogP contribution in [-0.2, 0) is 6.54 Å². The summed E-state index contributed by atoms with van der Waals surface area (Å²) in [4.78, 5) is 0. The van der Waals surface area contributed by atoms with E-state index in [0.717, 1.165) is 17.1 Å². The summed E-state index contributed by atoms with van der Waals surface area (Å²) in [5.74, 6) is 1.19. The van der Waals surface area contributed by atoms with Gasteiger partial charge in [-0.1, -0.05) is 24.3 Å². The van der Waals surface area contributed by atoms with E-state index in [1.807, 2.05) is 18.2 Å². The number of benzene rings is 2. The minimum Gasteiger partial charge on any atom is -0.454 e. The number of hydrogen-bond acceptors (Lipinski definition) is 4. The molecule has 0 amide bonds. The molecular formula is C16H16FNO3. The Kier molecular flexibility index (Phi) is 4.03. The number of rotatable bonds is 5. The van der Waals surface area contributed by atoms with E-state index in [4.69, 9.17) is 9.47 Å². The van der Waals surface area contributed by atoms with E-state index in [-0.39, 0.29) is 12.6 Å². The van der Waals surface area contributed by atoms with Crippen LogP contribution in [-0.4, -0.2) is 18.4 Å². The maximum Gasteiger partial charge on any atom is 0.231 e. The second-order valence-corrected chi connectivity index (χ2v) is 4.85. The molecule has 2 N–H and O–H groups in total. The average Bonchev–Trinajstić information content (AvgIpc) is 2.97. The molecule has 2 aromatic rings. The lowest BCUT2D eigenvalue weighted by Gasteiger charge is -2.13. The van der Waals surface area contributed by atoms with Gasteiger partial charge in [0.05, 0.1) is 6.10 Å². The lowest BCUT2D eigenvalue weighted by Crippen LogP contribution is -2.21. The van der Waals surface area contributed by atoms with Gasteiger partial charge in [-0.15, -0.1) is 0 Å². The zero-order valence-electron chi connectivity index (χ0n) is 11.4. The number of para-hydroxylation sites is 1. The van der Waals surface area contributed by atoms with Gasteiger partial charge in [-0.2, -0.15) is 0 Å². The highest BCUT2D eigenvalue weighted by Crippen LogP contribution is 2.35. The van der Waals surface area contributed by atoms with Crippen LogP contribution in [0, 0.1) is 5.82 Å². The smallest absolute Gasteiger partial charge is 0.231 e. The van der Waals surface area contributed by atoms with Crippen molar-refractivity contribution in [3.8, 4) is 11.5 Å². The van der Waals surface area contributed by atoms with Crippen molar-refractivity contribution in [3.05, 3.63) is 59.4 Å². The molecule has 3 rings (SSSR count). The van der Waals surface area contributed by atoms with Crippen molar-refractivity contribution in [1.29, 1.82) is 0 Å². The van der Waals surface area contributed by atoms with Gasteiger partial charge < -0.3 is 19.9 Å². The fourth-order valence-electron chi connectivity index (χ4n) is 2.28. The first kappa shape index (κ1) is 13.9. The Balaban J connectivity index is 1.57. The van der Waals surface area contributed by atoms with Crippen LogP contribution in [0.5, 0.6) is 11.5 Å². The largest absolute Gasteiger partial charge is 0.454 e. The number of hydrogen-bond donors (Lipinski definition) is 2. The van der Waals surface area contributed by atoms with Crippen molar-refractivity contribution in [2.24, 2.45) is 0 Å². The molecule has 4 nitrogen and oxygen atoms in total. The van der Waals surface area contributed by atoms with Gasteiger partial charge in [0, 0.05) is 18.7 Å². The molecule has 0 radical (unpaired) electrons. The third kappa shape index (κ3) is 3.15. The number of aliphatic hydroxyl groups excluding tert-OH is 1. The third-order valence-corrected chi connectivity index (χ3v) is 3.39. The lowest BCUT2D eigenvalue weighted by molar-refractivity contribution is 0.170. The highest BCUT2D eigenvalue weighted by molar-refractivity contribution is 5.48. The Bertz CT molecular complexity index is 615. The van der Waals surface area contributed by atoms with Crippen LogP contribution in [0.25, 0.3) is 0 Å². The van der Waals surface area contributed by atoms with E-state index < -0.39 is 6.10 Å². The Morgan fingerprint density at radius 2 is 1.95 bits per heavy atom. The Morgan fingerprint density at radius 1 is 1.14 bits per heavy atom. The van der Waals surface area contributed by atoms with Gasteiger partial charge in [-0.05, 0) is 23.8 Å². The van der Waals surface area contributed by atoms with Gasteiger partial charge in [0.25, 0.3) is 0 Å². The molecule has 1 aliphatic heterocycles. The zero-order valence-corrected chi connectivity index (χ0v) is 11.4. The zero-order chi connectivity index (χ0) is 14.7. The SMILES string of the molecule is O[C@H](CNCc1cccc2c1OCO2)c1ccc(F)cc1. The van der Waals surface area contributed by atoms with Crippen molar-refractivity contribution in [3.63, 3.8) is 0 Å². The van der Waals surface area contributed by atoms with Crippen LogP contribution in [0.1, 0.15) is 17.2 Å². The molecule has 2 aromatic carbocycles. The summed E-state index contributed by atoms with van der Waals surface area (Å²) >= 11 is 0. The molecule has 0 bridgehead atoms. The first-order chi connectivity index (χ1) is 10.2. The van der Waals surface area contributed by atoms with Crippen LogP contribution in [0.4, 0.5) is 4.39 Å². The first-order valence-corrected chi connectivity index (χ1v) is 6.76. The standard InChI is InChI=1S/C16H16FNO3/c17-13-6-4-11(5-7-13)14(19)9-18-8-12-2-1-3-15-16(12)21-10-20-15/h1-7,14,18-19H,8-10H2/t14-/m1/s1. The third-order valence-electron chi connectivity index (χ3n) is 3.39. The summed E-state index contributed by atoms with van der Waals surface area (Å²) in [6, 6.07) is 11.6. The van der Waals surface area contributed by atoms with E-state index >= 15 is 0 Å². The van der Waals surface area contributed by atoms with Gasteiger partial charge in [-0.3, -0.25) is 0 Å². The van der Waals surface area contributed by atoms with Gasteiger partial charge in [0.1, 0.15) is 5.82 Å². The molecule has 1 atom stereocenters. The summed E-state index contributed by atoms with van der Waals surface area (Å²) < 4.78 is 23.6. The van der Waals surface area contributed by atoms with Crippen LogP contribution in [0.3, 0.4) is 0 Å². The fraction of sp³-hybridized carbons (Fsp3) is 0.250. The van der Waals surface area contributed by atoms with Crippen molar-refractivity contribution in [2.45, 2.75) is 12.6 Å². The topological polar surface area (TPSA) is 50.7 Å². The highest BCUT2D eigenvalue weighted by Gasteiger charge is 2.17. The number of aliphatic hydroxyl groups is 1. The van der Waals surface area contributed by atoms with Gasteiger partial charge in [-0.25, -0.2) is 4.39 Å². The molecule has 0 fully saturated rings. The summed E-state index contributed by atoms with van der Waals surface area (Å²) in [5, 5.41) is 13.2. The molecule has 0 unspecified atom stereocenters. The maximum atomic E-state index is 12.8. The molecule has 0 saturated carbocycles. The van der Waals surface area contributed by atoms with E-state index in [1.165, 1.54) is 12.1 Å². The molecule has 0 aliphatic carbocycles. The molecule has 1 aliphatic rings. The van der Waals surface area contributed by atoms with Crippen LogP contribution in [0.15, 0.2) is 42.5 Å². The molecule has 110 valence electrons. The van der Waals surface area contributed by atoms with Gasteiger partial charge in [0.15, 0.2) is 11.5 Å². The highest BCUT2D eigenvalue weighted by atomic mass is 19.1.